The van der Waals surface area contributed by atoms with Crippen molar-refractivity contribution in [2.24, 2.45) is 4.99 Å². The molecule has 6 aromatic rings. The van der Waals surface area contributed by atoms with Crippen molar-refractivity contribution >= 4 is 39.4 Å². The van der Waals surface area contributed by atoms with Gasteiger partial charge in [-0.3, -0.25) is 4.99 Å². The van der Waals surface area contributed by atoms with Gasteiger partial charge in [-0.05, 0) is 60.4 Å². The Balaban J connectivity index is 1.40. The number of benzene rings is 5. The third kappa shape index (κ3) is 3.57. The largest absolute Gasteiger partial charge is 0.362 e. The number of aryl methyl sites for hydroxylation is 1. The average Bonchev–Trinajstić information content (AvgIpc) is 3.27. The van der Waals surface area contributed by atoms with Crippen molar-refractivity contribution in [3.05, 3.63) is 150 Å². The maximum Gasteiger partial charge on any atom is 0.144 e. The van der Waals surface area contributed by atoms with E-state index in [0.29, 0.717) is 0 Å². The highest BCUT2D eigenvalue weighted by Gasteiger charge is 2.30. The van der Waals surface area contributed by atoms with E-state index in [2.05, 4.69) is 148 Å². The zero-order valence-corrected chi connectivity index (χ0v) is 22.0. The second kappa shape index (κ2) is 9.28. The fraction of sp³-hybridized carbons (Fsp3) is 0.0833. The topological polar surface area (TPSA) is 32.6 Å². The predicted molar refractivity (Wildman–Crippen MR) is 166 cm³/mol. The number of allylic oxidation sites excluding steroid dienone is 2. The molecule has 1 atom stereocenters. The maximum atomic E-state index is 5.03. The third-order valence-electron chi connectivity index (χ3n) is 8.11. The van der Waals surface area contributed by atoms with Crippen molar-refractivity contribution in [3.63, 3.8) is 0 Å². The molecule has 40 heavy (non-hydrogen) atoms. The zero-order valence-electron chi connectivity index (χ0n) is 22.0. The van der Waals surface area contributed by atoms with Gasteiger partial charge in [-0.25, -0.2) is 0 Å². The smallest absolute Gasteiger partial charge is 0.144 e. The molecule has 5 aromatic carbocycles. The molecule has 0 spiro atoms. The average molecular weight is 517 g/mol. The number of hydrogen-bond donors (Lipinski definition) is 1. The van der Waals surface area contributed by atoms with Gasteiger partial charge in [0, 0.05) is 27.8 Å². The number of para-hydroxylation sites is 3. The molecule has 0 fully saturated rings. The van der Waals surface area contributed by atoms with E-state index in [4.69, 9.17) is 4.99 Å². The molecule has 8 rings (SSSR count). The van der Waals surface area contributed by atoms with E-state index in [0.717, 1.165) is 24.2 Å². The van der Waals surface area contributed by atoms with Crippen LogP contribution in [-0.2, 0) is 6.42 Å². The Morgan fingerprint density at radius 3 is 2.08 bits per heavy atom. The first-order chi connectivity index (χ1) is 19.9. The summed E-state index contributed by atoms with van der Waals surface area (Å²) in [6.07, 6.45) is 3.87. The summed E-state index contributed by atoms with van der Waals surface area (Å²) in [5.41, 5.74) is 10.8. The van der Waals surface area contributed by atoms with E-state index in [-0.39, 0.29) is 6.17 Å². The Morgan fingerprint density at radius 2 is 1.30 bits per heavy atom. The van der Waals surface area contributed by atoms with Gasteiger partial charge in [0.2, 0.25) is 0 Å². The third-order valence-corrected chi connectivity index (χ3v) is 8.11. The van der Waals surface area contributed by atoms with Gasteiger partial charge in [-0.15, -0.1) is 0 Å². The van der Waals surface area contributed by atoms with E-state index in [1.54, 1.807) is 0 Å². The Morgan fingerprint density at radius 1 is 0.625 bits per heavy atom. The summed E-state index contributed by atoms with van der Waals surface area (Å²) in [6, 6.07) is 45.3. The fourth-order valence-corrected chi connectivity index (χ4v) is 6.32. The number of nitrogens with one attached hydrogen (secondary N) is 1. The summed E-state index contributed by atoms with van der Waals surface area (Å²) in [5, 5.41) is 6.32. The van der Waals surface area contributed by atoms with E-state index in [1.807, 2.05) is 0 Å². The molecule has 2 aliphatic heterocycles. The minimum Gasteiger partial charge on any atom is -0.362 e. The van der Waals surface area contributed by atoms with Gasteiger partial charge in [-0.2, -0.15) is 0 Å². The maximum absolute atomic E-state index is 5.03. The van der Waals surface area contributed by atoms with Crippen LogP contribution >= 0.6 is 0 Å². The first-order valence-electron chi connectivity index (χ1n) is 13.9. The van der Waals surface area contributed by atoms with E-state index in [1.165, 1.54) is 50.0 Å². The standard InChI is InChI=1S/C36H28N4/c1-4-12-26(13-5-1)36-37-24-33-30(38-36)22-20-25-21-23-32-34(35(25)40(33)28-16-8-3-9-17-28)29-18-10-11-19-31(29)39(32)27-14-6-2-7-15-27/h1-19,21,23-24,36,38H,20,22H2. The first-order valence-corrected chi connectivity index (χ1v) is 13.9. The summed E-state index contributed by atoms with van der Waals surface area (Å²) in [5.74, 6) is 0. The predicted octanol–water partition coefficient (Wildman–Crippen LogP) is 8.45. The first kappa shape index (κ1) is 22.9. The lowest BCUT2D eigenvalue weighted by Gasteiger charge is -2.32. The highest BCUT2D eigenvalue weighted by Crippen LogP contribution is 2.46. The Kier molecular flexibility index (Phi) is 5.30. The number of rotatable bonds is 3. The Bertz CT molecular complexity index is 1920. The van der Waals surface area contributed by atoms with Crippen molar-refractivity contribution in [2.45, 2.75) is 19.0 Å². The van der Waals surface area contributed by atoms with Gasteiger partial charge in [-0.1, -0.05) is 91.0 Å². The molecule has 4 nitrogen and oxygen atoms in total. The number of aromatic nitrogens is 1. The van der Waals surface area contributed by atoms with E-state index in [9.17, 15) is 0 Å². The monoisotopic (exact) mass is 516 g/mol. The lowest BCUT2D eigenvalue weighted by Crippen LogP contribution is -2.30. The molecule has 0 saturated heterocycles. The number of nitrogens with zero attached hydrogens (tertiary/aromatic N) is 3. The van der Waals surface area contributed by atoms with Gasteiger partial charge in [0.1, 0.15) is 6.17 Å². The summed E-state index contributed by atoms with van der Waals surface area (Å²) in [6.45, 7) is 0. The molecule has 4 heteroatoms. The van der Waals surface area contributed by atoms with E-state index >= 15 is 0 Å². The van der Waals surface area contributed by atoms with Crippen LogP contribution in [0.15, 0.2) is 144 Å². The molecular weight excluding hydrogens is 488 g/mol. The second-order valence-corrected chi connectivity index (χ2v) is 10.4. The van der Waals surface area contributed by atoms with Crippen LogP contribution in [-0.4, -0.2) is 10.8 Å². The van der Waals surface area contributed by atoms with Gasteiger partial charge < -0.3 is 14.8 Å². The quantitative estimate of drug-likeness (QED) is 0.256. The molecular formula is C36H28N4. The number of hydrogen-bond acceptors (Lipinski definition) is 3. The molecule has 1 N–H and O–H groups in total. The van der Waals surface area contributed by atoms with Crippen LogP contribution in [0.4, 0.5) is 11.4 Å². The summed E-state index contributed by atoms with van der Waals surface area (Å²) >= 11 is 0. The molecule has 2 aliphatic rings. The highest BCUT2D eigenvalue weighted by atomic mass is 15.2. The molecule has 1 aromatic heterocycles. The molecule has 1 unspecified atom stereocenters. The zero-order chi connectivity index (χ0) is 26.5. The van der Waals surface area contributed by atoms with Crippen molar-refractivity contribution in [1.29, 1.82) is 0 Å². The minimum atomic E-state index is -0.0844. The van der Waals surface area contributed by atoms with Crippen LogP contribution < -0.4 is 10.2 Å². The molecule has 0 aliphatic carbocycles. The summed E-state index contributed by atoms with van der Waals surface area (Å²) in [7, 11) is 0. The van der Waals surface area contributed by atoms with Crippen LogP contribution in [0.2, 0.25) is 0 Å². The molecule has 192 valence electrons. The number of aliphatic imine (C=N–C) groups is 1. The minimum absolute atomic E-state index is 0.0844. The lowest BCUT2D eigenvalue weighted by atomic mass is 10.0. The van der Waals surface area contributed by atoms with Crippen LogP contribution in [0.25, 0.3) is 27.5 Å². The van der Waals surface area contributed by atoms with Gasteiger partial charge in [0.05, 0.1) is 28.6 Å². The van der Waals surface area contributed by atoms with E-state index < -0.39 is 0 Å². The van der Waals surface area contributed by atoms with Gasteiger partial charge in [0.15, 0.2) is 0 Å². The van der Waals surface area contributed by atoms with Crippen molar-refractivity contribution in [1.82, 2.24) is 9.88 Å². The van der Waals surface area contributed by atoms with Crippen molar-refractivity contribution < 1.29 is 0 Å². The van der Waals surface area contributed by atoms with Crippen LogP contribution in [0.5, 0.6) is 0 Å². The van der Waals surface area contributed by atoms with Crippen LogP contribution in [0.3, 0.4) is 0 Å². The molecule has 0 radical (unpaired) electrons. The second-order valence-electron chi connectivity index (χ2n) is 10.4. The van der Waals surface area contributed by atoms with Crippen LogP contribution in [0, 0.1) is 0 Å². The molecule has 0 bridgehead atoms. The number of fused-ring (bicyclic) bond motifs is 5. The normalized spacial score (nSPS) is 16.5. The summed E-state index contributed by atoms with van der Waals surface area (Å²) in [4.78, 5) is 7.46. The Labute approximate surface area is 233 Å². The lowest BCUT2D eigenvalue weighted by molar-refractivity contribution is 0.594. The van der Waals surface area contributed by atoms with Gasteiger partial charge >= 0.3 is 0 Å². The van der Waals surface area contributed by atoms with Crippen molar-refractivity contribution in [3.8, 4) is 5.69 Å². The Hall–Kier alpha value is -5.09. The fourth-order valence-electron chi connectivity index (χ4n) is 6.32. The molecule has 0 amide bonds. The number of anilines is 2. The molecule has 0 saturated carbocycles. The summed E-state index contributed by atoms with van der Waals surface area (Å²) < 4.78 is 2.40. The SMILES string of the molecule is C1=NC(c2ccccc2)NC2=C1N(c1ccccc1)c1c(ccc3c1c1ccccc1n3-c1ccccc1)CC2. The highest BCUT2D eigenvalue weighted by molar-refractivity contribution is 6.17. The van der Waals surface area contributed by atoms with Gasteiger partial charge in [0.25, 0.3) is 0 Å². The molecule has 3 heterocycles. The van der Waals surface area contributed by atoms with Crippen LogP contribution in [0.1, 0.15) is 23.7 Å². The van der Waals surface area contributed by atoms with Crippen molar-refractivity contribution in [2.75, 3.05) is 4.90 Å².